The summed E-state index contributed by atoms with van der Waals surface area (Å²) >= 11 is 0. The van der Waals surface area contributed by atoms with Crippen LogP contribution in [0.3, 0.4) is 0 Å². The maximum absolute atomic E-state index is 11.9. The Morgan fingerprint density at radius 1 is 1.00 bits per heavy atom. The number of hydrogen-bond acceptors (Lipinski definition) is 9. The number of nitrogens with one attached hydrogen (secondary N) is 2. The van der Waals surface area contributed by atoms with Gasteiger partial charge in [0.2, 0.25) is 11.6 Å². The lowest BCUT2D eigenvalue weighted by atomic mass is 10.2. The van der Waals surface area contributed by atoms with Crippen LogP contribution in [0, 0.1) is 10.1 Å². The van der Waals surface area contributed by atoms with Crippen molar-refractivity contribution in [2.24, 2.45) is 0 Å². The zero-order valence-corrected chi connectivity index (χ0v) is 17.0. The van der Waals surface area contributed by atoms with E-state index in [1.807, 2.05) is 12.1 Å². The number of rotatable bonds is 7. The second-order valence-corrected chi connectivity index (χ2v) is 6.60. The Labute approximate surface area is 182 Å². The van der Waals surface area contributed by atoms with Crippen molar-refractivity contribution in [2.45, 2.75) is 6.92 Å². The first-order valence-corrected chi connectivity index (χ1v) is 9.71. The van der Waals surface area contributed by atoms with Crippen LogP contribution in [0.15, 0.2) is 67.1 Å². The number of carbonyl (C=O) groups excluding carboxylic acids is 1. The summed E-state index contributed by atoms with van der Waals surface area (Å²) in [5, 5.41) is 18.6. The molecule has 2 heterocycles. The molecule has 0 aliphatic rings. The minimum Gasteiger partial charge on any atom is -0.462 e. The lowest BCUT2D eigenvalue weighted by molar-refractivity contribution is -0.383. The third kappa shape index (κ3) is 4.29. The second kappa shape index (κ2) is 9.04. The third-order valence-electron chi connectivity index (χ3n) is 4.56. The summed E-state index contributed by atoms with van der Waals surface area (Å²) in [5.41, 5.74) is 1.95. The zero-order valence-electron chi connectivity index (χ0n) is 17.0. The minimum atomic E-state index is -0.555. The first-order valence-electron chi connectivity index (χ1n) is 9.71. The molecule has 0 bridgehead atoms. The maximum Gasteiger partial charge on any atom is 0.353 e. The van der Waals surface area contributed by atoms with Crippen LogP contribution in [0.2, 0.25) is 0 Å². The number of anilines is 4. The quantitative estimate of drug-likeness (QED) is 0.245. The number of ether oxygens (including phenoxy) is 1. The third-order valence-corrected chi connectivity index (χ3v) is 4.56. The van der Waals surface area contributed by atoms with Gasteiger partial charge in [0, 0.05) is 23.0 Å². The molecule has 10 heteroatoms. The van der Waals surface area contributed by atoms with Crippen molar-refractivity contribution in [1.82, 2.24) is 15.0 Å². The Bertz CT molecular complexity index is 1290. The Kier molecular flexibility index (Phi) is 5.84. The highest BCUT2D eigenvalue weighted by atomic mass is 16.6. The molecule has 10 nitrogen and oxygen atoms in total. The molecule has 0 aliphatic carbocycles. The first kappa shape index (κ1) is 20.7. The highest BCUT2D eigenvalue weighted by Crippen LogP contribution is 2.34. The zero-order chi connectivity index (χ0) is 22.5. The van der Waals surface area contributed by atoms with Gasteiger partial charge in [0.1, 0.15) is 6.33 Å². The number of benzene rings is 2. The van der Waals surface area contributed by atoms with E-state index in [1.165, 1.54) is 6.33 Å². The number of hydrogen-bond donors (Lipinski definition) is 2. The average Bonchev–Trinajstić information content (AvgIpc) is 2.80. The predicted molar refractivity (Wildman–Crippen MR) is 119 cm³/mol. The lowest BCUT2D eigenvalue weighted by Crippen LogP contribution is -2.06. The molecule has 2 aromatic carbocycles. The molecule has 160 valence electrons. The largest absolute Gasteiger partial charge is 0.462 e. The second-order valence-electron chi connectivity index (χ2n) is 6.60. The van der Waals surface area contributed by atoms with Crippen LogP contribution >= 0.6 is 0 Å². The number of nitrogens with zero attached hydrogens (tertiary/aromatic N) is 4. The van der Waals surface area contributed by atoms with E-state index in [4.69, 9.17) is 4.74 Å². The molecule has 32 heavy (non-hydrogen) atoms. The summed E-state index contributed by atoms with van der Waals surface area (Å²) in [6, 6.07) is 15.4. The Morgan fingerprint density at radius 2 is 1.75 bits per heavy atom. The van der Waals surface area contributed by atoms with Gasteiger partial charge in [-0.1, -0.05) is 6.07 Å². The van der Waals surface area contributed by atoms with Crippen molar-refractivity contribution in [3.05, 3.63) is 82.8 Å². The van der Waals surface area contributed by atoms with Gasteiger partial charge >= 0.3 is 11.7 Å². The molecule has 0 atom stereocenters. The fraction of sp³-hybridized carbons (Fsp3) is 0.0909. The van der Waals surface area contributed by atoms with E-state index in [2.05, 4.69) is 25.6 Å². The predicted octanol–water partition coefficient (Wildman–Crippen LogP) is 4.60. The van der Waals surface area contributed by atoms with E-state index < -0.39 is 10.9 Å². The van der Waals surface area contributed by atoms with Crippen LogP contribution in [-0.4, -0.2) is 32.5 Å². The highest BCUT2D eigenvalue weighted by Gasteiger charge is 2.24. The Morgan fingerprint density at radius 3 is 2.47 bits per heavy atom. The van der Waals surface area contributed by atoms with Crippen molar-refractivity contribution in [3.63, 3.8) is 0 Å². The molecule has 4 rings (SSSR count). The van der Waals surface area contributed by atoms with Gasteiger partial charge in [-0.3, -0.25) is 15.1 Å². The molecular formula is C22H18N6O4. The molecule has 4 aromatic rings. The van der Waals surface area contributed by atoms with Crippen molar-refractivity contribution in [1.29, 1.82) is 0 Å². The molecule has 0 saturated carbocycles. The number of esters is 1. The van der Waals surface area contributed by atoms with Crippen LogP contribution in [0.1, 0.15) is 17.3 Å². The molecule has 0 fully saturated rings. The van der Waals surface area contributed by atoms with E-state index in [1.54, 1.807) is 55.6 Å². The van der Waals surface area contributed by atoms with E-state index in [-0.39, 0.29) is 23.9 Å². The van der Waals surface area contributed by atoms with Crippen LogP contribution in [0.25, 0.3) is 10.9 Å². The molecule has 0 unspecified atom stereocenters. The molecule has 2 aromatic heterocycles. The van der Waals surface area contributed by atoms with Crippen molar-refractivity contribution in [2.75, 3.05) is 17.2 Å². The fourth-order valence-corrected chi connectivity index (χ4v) is 3.12. The lowest BCUT2D eigenvalue weighted by Gasteiger charge is -2.12. The van der Waals surface area contributed by atoms with Gasteiger partial charge in [-0.05, 0) is 55.5 Å². The van der Waals surface area contributed by atoms with E-state index in [0.717, 1.165) is 10.9 Å². The van der Waals surface area contributed by atoms with Gasteiger partial charge in [0.05, 0.1) is 22.6 Å². The molecule has 0 spiro atoms. The average molecular weight is 430 g/mol. The van der Waals surface area contributed by atoms with E-state index in [9.17, 15) is 14.9 Å². The molecule has 0 aliphatic heterocycles. The first-order chi connectivity index (χ1) is 15.6. The van der Waals surface area contributed by atoms with Gasteiger partial charge in [0.15, 0.2) is 0 Å². The van der Waals surface area contributed by atoms with Crippen molar-refractivity contribution in [3.8, 4) is 0 Å². The van der Waals surface area contributed by atoms with Crippen LogP contribution in [-0.2, 0) is 4.74 Å². The van der Waals surface area contributed by atoms with Crippen LogP contribution in [0.4, 0.5) is 28.7 Å². The summed E-state index contributed by atoms with van der Waals surface area (Å²) in [7, 11) is 0. The number of carbonyl (C=O) groups is 1. The number of pyridine rings is 1. The van der Waals surface area contributed by atoms with E-state index >= 15 is 0 Å². The van der Waals surface area contributed by atoms with Crippen molar-refractivity contribution >= 4 is 45.6 Å². The topological polar surface area (TPSA) is 132 Å². The van der Waals surface area contributed by atoms with Gasteiger partial charge in [-0.2, -0.15) is 0 Å². The molecular weight excluding hydrogens is 412 g/mol. The van der Waals surface area contributed by atoms with Crippen LogP contribution in [0.5, 0.6) is 0 Å². The molecule has 2 N–H and O–H groups in total. The summed E-state index contributed by atoms with van der Waals surface area (Å²) in [4.78, 5) is 35.5. The number of aromatic nitrogens is 3. The van der Waals surface area contributed by atoms with Gasteiger partial charge in [0.25, 0.3) is 0 Å². The minimum absolute atomic E-state index is 0.00902. The van der Waals surface area contributed by atoms with E-state index in [0.29, 0.717) is 16.9 Å². The molecule has 0 amide bonds. The monoisotopic (exact) mass is 430 g/mol. The summed E-state index contributed by atoms with van der Waals surface area (Å²) in [5.74, 6) is -0.398. The van der Waals surface area contributed by atoms with Gasteiger partial charge < -0.3 is 15.4 Å². The van der Waals surface area contributed by atoms with Crippen molar-refractivity contribution < 1.29 is 14.5 Å². The summed E-state index contributed by atoms with van der Waals surface area (Å²) in [6.07, 6.45) is 2.91. The standard InChI is InChI=1S/C22H18N6O4/c1-2-32-22(29)14-8-10-15(11-9-14)26-20-19(28(30)31)21(25-13-24-20)27-18-7-3-6-17-16(18)5-4-12-23-17/h3-13H,2H2,1H3,(H2,24,25,26,27). The SMILES string of the molecule is CCOC(=O)c1ccc(Nc2ncnc(Nc3cccc4ncccc34)c2[N+](=O)[O-])cc1. The number of nitro groups is 1. The number of fused-ring (bicyclic) bond motifs is 1. The fourth-order valence-electron chi connectivity index (χ4n) is 3.12. The van der Waals surface area contributed by atoms with Crippen LogP contribution < -0.4 is 10.6 Å². The summed E-state index contributed by atoms with van der Waals surface area (Å²) in [6.45, 7) is 2.00. The van der Waals surface area contributed by atoms with Gasteiger partial charge in [-0.25, -0.2) is 14.8 Å². The van der Waals surface area contributed by atoms with Gasteiger partial charge in [-0.15, -0.1) is 0 Å². The molecule has 0 radical (unpaired) electrons. The Balaban J connectivity index is 1.65. The maximum atomic E-state index is 11.9. The molecule has 0 saturated heterocycles. The normalized spacial score (nSPS) is 10.5. The smallest absolute Gasteiger partial charge is 0.353 e. The Hall–Kier alpha value is -4.60. The highest BCUT2D eigenvalue weighted by molar-refractivity contribution is 5.94. The summed E-state index contributed by atoms with van der Waals surface area (Å²) < 4.78 is 4.96.